The van der Waals surface area contributed by atoms with E-state index in [0.29, 0.717) is 11.3 Å². The van der Waals surface area contributed by atoms with Crippen LogP contribution in [0.15, 0.2) is 59.4 Å². The number of hydrogen-bond acceptors (Lipinski definition) is 11. The number of ketones is 2. The van der Waals surface area contributed by atoms with Crippen LogP contribution < -0.4 is 11.1 Å². The number of phenols is 1. The van der Waals surface area contributed by atoms with Crippen molar-refractivity contribution < 1.29 is 39.9 Å². The molecular weight excluding hydrogens is 580 g/mol. The highest BCUT2D eigenvalue weighted by molar-refractivity contribution is 6.24. The number of carbonyl (C=O) groups is 3. The Morgan fingerprint density at radius 2 is 1.73 bits per heavy atom. The first-order valence-electron chi connectivity index (χ1n) is 14.9. The maximum atomic E-state index is 14.0. The fraction of sp³-hybridized carbons (Fsp3) is 0.394. The van der Waals surface area contributed by atoms with Crippen LogP contribution in [-0.4, -0.2) is 104 Å². The molecule has 1 radical (unpaired) electrons. The number of carbonyl (C=O) groups excluding carboxylic acids is 3. The van der Waals surface area contributed by atoms with E-state index in [1.54, 1.807) is 12.1 Å². The minimum atomic E-state index is -2.95. The largest absolute Gasteiger partial charge is 0.508 e. The molecule has 5 atom stereocenters. The molecular formula is C33H37N4O8. The van der Waals surface area contributed by atoms with E-state index < -0.39 is 69.7 Å². The van der Waals surface area contributed by atoms with Crippen LogP contribution in [0.2, 0.25) is 0 Å². The van der Waals surface area contributed by atoms with Gasteiger partial charge in [0.2, 0.25) is 5.78 Å². The minimum absolute atomic E-state index is 0.0349. The smallest absolute Gasteiger partial charge is 0.255 e. The molecule has 237 valence electrons. The molecule has 0 bridgehead atoms. The maximum absolute atomic E-state index is 14.0. The van der Waals surface area contributed by atoms with Crippen LogP contribution >= 0.6 is 0 Å². The van der Waals surface area contributed by atoms with Gasteiger partial charge in [-0.05, 0) is 44.1 Å². The molecule has 6 rings (SSSR count). The van der Waals surface area contributed by atoms with Crippen LogP contribution in [0.1, 0.15) is 29.5 Å². The van der Waals surface area contributed by atoms with Gasteiger partial charge in [0.05, 0.1) is 29.3 Å². The number of fused-ring (bicyclic) bond motifs is 3. The van der Waals surface area contributed by atoms with Gasteiger partial charge < -0.3 is 36.6 Å². The van der Waals surface area contributed by atoms with Crippen molar-refractivity contribution in [3.05, 3.63) is 82.5 Å². The number of likely N-dealkylation sites (tertiary alicyclic amines) is 1. The van der Waals surface area contributed by atoms with E-state index in [9.17, 15) is 39.9 Å². The standard InChI is InChI=1S/C33H37N4O8/c1-36(2)25-24-26(38)19-14-17-8-9-20(35-18-10-12-37(13-11-18)15-16-6-4-3-5-7-16)27(39)21(17)28(40)22(19)30(42)33(24,45)31(43)23(29(25)41)32(34)44/h3-9,14,18-19,24-26,35,38-40,43,45H,10-13,15H2,1-2H3,(H2,34,44)/t19-,24-,25+,26+,33+/m1/s1. The lowest BCUT2D eigenvalue weighted by Crippen LogP contribution is -2.70. The van der Waals surface area contributed by atoms with E-state index >= 15 is 0 Å². The number of amides is 1. The summed E-state index contributed by atoms with van der Waals surface area (Å²) in [5.41, 5.74) is 2.83. The van der Waals surface area contributed by atoms with Crippen molar-refractivity contribution in [3.8, 4) is 5.75 Å². The molecule has 45 heavy (non-hydrogen) atoms. The summed E-state index contributed by atoms with van der Waals surface area (Å²) in [7, 11) is 2.92. The topological polar surface area (TPSA) is 197 Å². The lowest BCUT2D eigenvalue weighted by atomic mass is 9.56. The summed E-state index contributed by atoms with van der Waals surface area (Å²) < 4.78 is 0. The second-order valence-electron chi connectivity index (χ2n) is 12.5. The molecule has 2 aromatic rings. The molecule has 2 aromatic carbocycles. The Bertz CT molecular complexity index is 1630. The lowest BCUT2D eigenvalue weighted by Gasteiger charge is -2.52. The van der Waals surface area contributed by atoms with E-state index in [1.165, 1.54) is 31.0 Å². The number of likely N-dealkylation sites (N-methyl/N-ethyl adjacent to an activating group) is 1. The van der Waals surface area contributed by atoms with Crippen LogP contribution in [0.4, 0.5) is 5.69 Å². The van der Waals surface area contributed by atoms with E-state index in [-0.39, 0.29) is 17.4 Å². The molecule has 1 amide bonds. The third kappa shape index (κ3) is 4.80. The molecule has 1 saturated heterocycles. The van der Waals surface area contributed by atoms with Gasteiger partial charge in [-0.2, -0.15) is 0 Å². The number of Topliss-reactive ketones (excluding diaryl/α,β-unsaturated/α-hetero) is 2. The number of aliphatic hydroxyl groups excluding tert-OH is 3. The number of piperidine rings is 1. The first kappa shape index (κ1) is 30.8. The number of aromatic hydroxyl groups is 1. The number of primary amides is 1. The van der Waals surface area contributed by atoms with Crippen molar-refractivity contribution in [2.75, 3.05) is 32.5 Å². The molecule has 0 unspecified atom stereocenters. The lowest BCUT2D eigenvalue weighted by molar-refractivity contribution is -0.167. The minimum Gasteiger partial charge on any atom is -0.508 e. The third-order valence-electron chi connectivity index (χ3n) is 9.66. The fourth-order valence-electron chi connectivity index (χ4n) is 7.43. The zero-order valence-electron chi connectivity index (χ0n) is 25.0. The second-order valence-corrected chi connectivity index (χ2v) is 12.5. The van der Waals surface area contributed by atoms with E-state index in [1.807, 2.05) is 18.2 Å². The van der Waals surface area contributed by atoms with Gasteiger partial charge in [0.25, 0.3) is 5.91 Å². The summed E-state index contributed by atoms with van der Waals surface area (Å²) in [4.78, 5) is 43.1. The summed E-state index contributed by atoms with van der Waals surface area (Å²) >= 11 is 0. The number of nitrogens with zero attached hydrogens (tertiary/aromatic N) is 2. The Hall–Kier alpha value is -4.23. The first-order chi connectivity index (χ1) is 21.4. The van der Waals surface area contributed by atoms with Gasteiger partial charge >= 0.3 is 0 Å². The first-order valence-corrected chi connectivity index (χ1v) is 14.9. The van der Waals surface area contributed by atoms with Gasteiger partial charge in [-0.15, -0.1) is 0 Å². The quantitative estimate of drug-likeness (QED) is 0.181. The van der Waals surface area contributed by atoms with Crippen LogP contribution in [0.5, 0.6) is 5.75 Å². The molecule has 1 heterocycles. The predicted octanol–water partition coefficient (Wildman–Crippen LogP) is 1.02. The van der Waals surface area contributed by atoms with Crippen molar-refractivity contribution in [3.63, 3.8) is 0 Å². The van der Waals surface area contributed by atoms with Crippen molar-refractivity contribution in [1.82, 2.24) is 9.80 Å². The highest BCUT2D eigenvalue weighted by atomic mass is 16.4. The SMILES string of the molecule is CN(C)[C@@H]1C(=O)C(C(N)=O)=C(O)[C@@]2(O)C(=O)C3=C(O)c4c(ccc(NC5CCN(Cc6ccccc6)CC5)c4O)[CH][C@H]3[C@H](O)[C@@H]12. The van der Waals surface area contributed by atoms with Crippen LogP contribution in [0.25, 0.3) is 5.76 Å². The summed E-state index contributed by atoms with van der Waals surface area (Å²) in [6.45, 7) is 2.53. The Kier molecular flexibility index (Phi) is 7.72. The Balaban J connectivity index is 1.31. The molecule has 0 spiro atoms. The van der Waals surface area contributed by atoms with Crippen LogP contribution in [0.3, 0.4) is 0 Å². The molecule has 0 aromatic heterocycles. The van der Waals surface area contributed by atoms with Gasteiger partial charge in [0, 0.05) is 43.6 Å². The van der Waals surface area contributed by atoms with Crippen molar-refractivity contribution in [2.24, 2.45) is 17.6 Å². The molecule has 4 aliphatic rings. The number of rotatable bonds is 6. The van der Waals surface area contributed by atoms with E-state index in [4.69, 9.17) is 5.73 Å². The van der Waals surface area contributed by atoms with Crippen LogP contribution in [0, 0.1) is 18.3 Å². The summed E-state index contributed by atoms with van der Waals surface area (Å²) in [5.74, 6) is -8.57. The monoisotopic (exact) mass is 617 g/mol. The highest BCUT2D eigenvalue weighted by Gasteiger charge is 2.67. The number of aliphatic hydroxyl groups is 4. The number of phenolic OH excluding ortho intramolecular Hbond substituents is 1. The van der Waals surface area contributed by atoms with Gasteiger partial charge in [-0.25, -0.2) is 0 Å². The summed E-state index contributed by atoms with van der Waals surface area (Å²) in [6, 6.07) is 12.1. The molecule has 1 saturated carbocycles. The molecule has 12 nitrogen and oxygen atoms in total. The molecule has 12 heteroatoms. The average Bonchev–Trinajstić information content (AvgIpc) is 3.00. The normalized spacial score (nSPS) is 29.0. The van der Waals surface area contributed by atoms with E-state index in [0.717, 1.165) is 32.5 Å². The van der Waals surface area contributed by atoms with Gasteiger partial charge in [-0.1, -0.05) is 36.4 Å². The zero-order chi connectivity index (χ0) is 32.4. The number of hydrogen-bond donors (Lipinski definition) is 7. The maximum Gasteiger partial charge on any atom is 0.255 e. The summed E-state index contributed by atoms with van der Waals surface area (Å²) in [6.07, 6.45) is 1.44. The number of benzene rings is 2. The zero-order valence-corrected chi connectivity index (χ0v) is 25.0. The number of nitrogens with one attached hydrogen (secondary N) is 1. The second kappa shape index (κ2) is 11.3. The number of anilines is 1. The Morgan fingerprint density at radius 3 is 2.36 bits per heavy atom. The molecule has 3 aliphatic carbocycles. The van der Waals surface area contributed by atoms with Gasteiger partial charge in [0.15, 0.2) is 11.4 Å². The van der Waals surface area contributed by atoms with Gasteiger partial charge in [0.1, 0.15) is 22.8 Å². The van der Waals surface area contributed by atoms with Gasteiger partial charge in [-0.3, -0.25) is 24.2 Å². The molecule has 1 aliphatic heterocycles. The fourth-order valence-corrected chi connectivity index (χ4v) is 7.43. The third-order valence-corrected chi connectivity index (χ3v) is 9.66. The average molecular weight is 618 g/mol. The molecule has 8 N–H and O–H groups in total. The van der Waals surface area contributed by atoms with Crippen molar-refractivity contribution in [1.29, 1.82) is 0 Å². The van der Waals surface area contributed by atoms with E-state index in [2.05, 4.69) is 22.3 Å². The van der Waals surface area contributed by atoms with Crippen molar-refractivity contribution >= 4 is 28.9 Å². The predicted molar refractivity (Wildman–Crippen MR) is 164 cm³/mol. The summed E-state index contributed by atoms with van der Waals surface area (Å²) in [5, 5.41) is 60.5. The molecule has 2 fully saturated rings. The van der Waals surface area contributed by atoms with Crippen LogP contribution in [-0.2, 0) is 20.9 Å². The Labute approximate surface area is 260 Å². The van der Waals surface area contributed by atoms with Crippen molar-refractivity contribution in [2.45, 2.75) is 43.2 Å². The number of nitrogens with two attached hydrogens (primary N) is 1. The Morgan fingerprint density at radius 1 is 1.07 bits per heavy atom. The highest BCUT2D eigenvalue weighted by Crippen LogP contribution is 2.54.